The fraction of sp³-hybridized carbons (Fsp3) is 0.375. The van der Waals surface area contributed by atoms with Crippen LogP contribution in [-0.2, 0) is 6.42 Å². The maximum Gasteiger partial charge on any atom is 0.227 e. The number of aromatic amines is 1. The molecule has 0 bridgehead atoms. The molecule has 1 aromatic rings. The van der Waals surface area contributed by atoms with Gasteiger partial charge in [0.2, 0.25) is 5.43 Å². The van der Waals surface area contributed by atoms with Crippen molar-refractivity contribution in [2.24, 2.45) is 0 Å². The number of aryl methyl sites for hydroxylation is 1. The van der Waals surface area contributed by atoms with Gasteiger partial charge in [0.05, 0.1) is 10.3 Å². The number of hydrogen-bond acceptors (Lipinski definition) is 2. The molecule has 0 radical (unpaired) electrons. The van der Waals surface area contributed by atoms with Crippen LogP contribution < -0.4 is 5.43 Å². The minimum atomic E-state index is -0.308. The highest BCUT2D eigenvalue weighted by Gasteiger charge is 2.09. The lowest BCUT2D eigenvalue weighted by atomic mass is 10.2. The number of aromatic nitrogens is 1. The molecule has 0 saturated carbocycles. The van der Waals surface area contributed by atoms with Gasteiger partial charge in [0.25, 0.3) is 0 Å². The monoisotopic (exact) mass is 231 g/mol. The van der Waals surface area contributed by atoms with Crippen molar-refractivity contribution in [2.75, 3.05) is 0 Å². The lowest BCUT2D eigenvalue weighted by Gasteiger charge is -2.04. The fourth-order valence-electron chi connectivity index (χ4n) is 0.956. The summed E-state index contributed by atoms with van der Waals surface area (Å²) >= 11 is 3.21. The Bertz CT molecular complexity index is 357. The second kappa shape index (κ2) is 3.31. The zero-order chi connectivity index (χ0) is 9.30. The number of H-pyrrole nitrogens is 1. The van der Waals surface area contributed by atoms with Crippen LogP contribution in [0.15, 0.2) is 9.40 Å². The second-order valence-corrected chi connectivity index (χ2v) is 3.37. The maximum absolute atomic E-state index is 11.3. The molecule has 0 saturated heterocycles. The van der Waals surface area contributed by atoms with Gasteiger partial charge in [-0.15, -0.1) is 0 Å². The minimum Gasteiger partial charge on any atom is -0.503 e. The molecule has 0 spiro atoms. The first kappa shape index (κ1) is 9.32. The van der Waals surface area contributed by atoms with Crippen LogP contribution in [0.4, 0.5) is 0 Å². The Morgan fingerprint density at radius 3 is 2.67 bits per heavy atom. The van der Waals surface area contributed by atoms with Crippen LogP contribution in [0, 0.1) is 6.92 Å². The summed E-state index contributed by atoms with van der Waals surface area (Å²) in [6.45, 7) is 3.52. The van der Waals surface area contributed by atoms with E-state index in [9.17, 15) is 9.90 Å². The topological polar surface area (TPSA) is 53.1 Å². The Hall–Kier alpha value is -0.770. The number of nitrogens with one attached hydrogen (secondary N) is 1. The molecule has 0 aliphatic rings. The third kappa shape index (κ3) is 1.39. The smallest absolute Gasteiger partial charge is 0.227 e. The summed E-state index contributed by atoms with van der Waals surface area (Å²) in [7, 11) is 0. The number of aromatic hydroxyl groups is 1. The van der Waals surface area contributed by atoms with E-state index in [0.29, 0.717) is 22.3 Å². The number of pyridine rings is 1. The molecule has 12 heavy (non-hydrogen) atoms. The minimum absolute atomic E-state index is 0.168. The Morgan fingerprint density at radius 2 is 2.17 bits per heavy atom. The first-order valence-electron chi connectivity index (χ1n) is 3.68. The van der Waals surface area contributed by atoms with Crippen LogP contribution in [-0.4, -0.2) is 10.1 Å². The van der Waals surface area contributed by atoms with Crippen LogP contribution in [0.25, 0.3) is 0 Å². The molecule has 66 valence electrons. The molecule has 1 aromatic heterocycles. The van der Waals surface area contributed by atoms with Crippen molar-refractivity contribution in [3.05, 3.63) is 26.1 Å². The van der Waals surface area contributed by atoms with E-state index in [2.05, 4.69) is 20.9 Å². The van der Waals surface area contributed by atoms with Crippen molar-refractivity contribution in [1.29, 1.82) is 0 Å². The van der Waals surface area contributed by atoms with Crippen LogP contribution in [0.2, 0.25) is 0 Å². The highest BCUT2D eigenvalue weighted by molar-refractivity contribution is 9.10. The van der Waals surface area contributed by atoms with Crippen molar-refractivity contribution < 1.29 is 5.11 Å². The van der Waals surface area contributed by atoms with Gasteiger partial charge in [-0.05, 0) is 29.3 Å². The van der Waals surface area contributed by atoms with E-state index in [-0.39, 0.29) is 11.2 Å². The van der Waals surface area contributed by atoms with Gasteiger partial charge in [-0.1, -0.05) is 6.92 Å². The predicted molar refractivity (Wildman–Crippen MR) is 50.5 cm³/mol. The average molecular weight is 232 g/mol. The highest BCUT2D eigenvalue weighted by Crippen LogP contribution is 2.16. The standard InChI is InChI=1S/C8H10BrNO2/c1-3-5-7(12)6(11)4(2)8(9)10-5/h12H,3H2,1-2H3,(H,10,11). The van der Waals surface area contributed by atoms with Crippen molar-refractivity contribution >= 4 is 15.9 Å². The molecule has 0 atom stereocenters. The fourth-order valence-corrected chi connectivity index (χ4v) is 1.37. The van der Waals surface area contributed by atoms with Crippen molar-refractivity contribution in [3.63, 3.8) is 0 Å². The quantitative estimate of drug-likeness (QED) is 0.724. The predicted octanol–water partition coefficient (Wildman–Crippen LogP) is 1.71. The maximum atomic E-state index is 11.3. The summed E-state index contributed by atoms with van der Waals surface area (Å²) in [5.74, 6) is -0.168. The molecule has 1 rings (SSSR count). The van der Waals surface area contributed by atoms with E-state index in [4.69, 9.17) is 0 Å². The number of halogens is 1. The zero-order valence-electron chi connectivity index (χ0n) is 6.94. The summed E-state index contributed by atoms with van der Waals surface area (Å²) in [5, 5.41) is 9.34. The van der Waals surface area contributed by atoms with Crippen LogP contribution >= 0.6 is 15.9 Å². The van der Waals surface area contributed by atoms with Gasteiger partial charge < -0.3 is 10.1 Å². The van der Waals surface area contributed by atoms with Gasteiger partial charge in [0.15, 0.2) is 5.75 Å². The lowest BCUT2D eigenvalue weighted by molar-refractivity contribution is 0.458. The molecule has 1 heterocycles. The molecule has 0 amide bonds. The molecule has 4 heteroatoms. The highest BCUT2D eigenvalue weighted by atomic mass is 79.9. The zero-order valence-corrected chi connectivity index (χ0v) is 8.53. The molecule has 0 unspecified atom stereocenters. The van der Waals surface area contributed by atoms with Crippen LogP contribution in [0.5, 0.6) is 5.75 Å². The van der Waals surface area contributed by atoms with Gasteiger partial charge in [0.1, 0.15) is 0 Å². The average Bonchev–Trinajstić information content (AvgIpc) is 2.08. The largest absolute Gasteiger partial charge is 0.503 e. The van der Waals surface area contributed by atoms with E-state index < -0.39 is 0 Å². The van der Waals surface area contributed by atoms with E-state index in [1.54, 1.807) is 6.92 Å². The van der Waals surface area contributed by atoms with Crippen molar-refractivity contribution in [3.8, 4) is 5.75 Å². The van der Waals surface area contributed by atoms with Gasteiger partial charge in [0, 0.05) is 5.56 Å². The molecule has 0 aliphatic heterocycles. The van der Waals surface area contributed by atoms with Crippen LogP contribution in [0.1, 0.15) is 18.2 Å². The van der Waals surface area contributed by atoms with Crippen LogP contribution in [0.3, 0.4) is 0 Å². The van der Waals surface area contributed by atoms with Gasteiger partial charge in [-0.3, -0.25) is 4.79 Å². The van der Waals surface area contributed by atoms with E-state index >= 15 is 0 Å². The first-order chi connectivity index (χ1) is 5.57. The van der Waals surface area contributed by atoms with E-state index in [1.807, 2.05) is 6.92 Å². The lowest BCUT2D eigenvalue weighted by Crippen LogP contribution is -2.09. The second-order valence-electron chi connectivity index (χ2n) is 2.57. The summed E-state index contributed by atoms with van der Waals surface area (Å²) < 4.78 is 0.641. The molecule has 0 aliphatic carbocycles. The van der Waals surface area contributed by atoms with E-state index in [0.717, 1.165) is 0 Å². The van der Waals surface area contributed by atoms with Crippen molar-refractivity contribution in [2.45, 2.75) is 20.3 Å². The molecule has 0 fully saturated rings. The first-order valence-corrected chi connectivity index (χ1v) is 4.47. The third-order valence-electron chi connectivity index (χ3n) is 1.78. The van der Waals surface area contributed by atoms with Gasteiger partial charge in [-0.25, -0.2) is 0 Å². The van der Waals surface area contributed by atoms with Gasteiger partial charge in [-0.2, -0.15) is 0 Å². The van der Waals surface area contributed by atoms with E-state index in [1.165, 1.54) is 0 Å². The normalized spacial score (nSPS) is 10.2. The summed E-state index contributed by atoms with van der Waals surface area (Å²) in [4.78, 5) is 14.2. The molecular formula is C8H10BrNO2. The molecule has 2 N–H and O–H groups in total. The Morgan fingerprint density at radius 1 is 1.58 bits per heavy atom. The number of hydrogen-bond donors (Lipinski definition) is 2. The Balaban J connectivity index is 3.50. The summed E-state index contributed by atoms with van der Waals surface area (Å²) in [6, 6.07) is 0. The van der Waals surface area contributed by atoms with Gasteiger partial charge >= 0.3 is 0 Å². The summed E-state index contributed by atoms with van der Waals surface area (Å²) in [5.41, 5.74) is 0.764. The molecule has 3 nitrogen and oxygen atoms in total. The third-order valence-corrected chi connectivity index (χ3v) is 2.58. The molecule has 0 aromatic carbocycles. The Labute approximate surface area is 78.6 Å². The summed E-state index contributed by atoms with van der Waals surface area (Å²) in [6.07, 6.45) is 0.611. The van der Waals surface area contributed by atoms with Crippen molar-refractivity contribution in [1.82, 2.24) is 4.98 Å². The number of rotatable bonds is 1. The Kier molecular flexibility index (Phi) is 2.57. The SMILES string of the molecule is CCc1[nH]c(Br)c(C)c(=O)c1O. The molecular weight excluding hydrogens is 222 g/mol.